The maximum Gasteiger partial charge on any atom is 0.325 e. The van der Waals surface area contributed by atoms with Crippen molar-refractivity contribution in [3.05, 3.63) is 41.3 Å². The Balaban J connectivity index is 1.90. The number of carbonyl (C=O) groups is 2. The zero-order valence-electron chi connectivity index (χ0n) is 11.5. The van der Waals surface area contributed by atoms with Crippen LogP contribution in [-0.2, 0) is 23.9 Å². The third-order valence-corrected chi connectivity index (χ3v) is 3.97. The summed E-state index contributed by atoms with van der Waals surface area (Å²) in [5, 5.41) is 3.09. The Morgan fingerprint density at radius 1 is 1.48 bits per heavy atom. The first-order valence-electron chi connectivity index (χ1n) is 6.27. The molecule has 1 unspecified atom stereocenters. The molecule has 1 aliphatic rings. The van der Waals surface area contributed by atoms with Gasteiger partial charge in [0.1, 0.15) is 16.7 Å². The quantitative estimate of drug-likeness (QED) is 0.874. The average molecular weight is 309 g/mol. The summed E-state index contributed by atoms with van der Waals surface area (Å²) in [5.74, 6) is 0.523. The molecule has 0 bridgehead atoms. The fourth-order valence-corrected chi connectivity index (χ4v) is 2.43. The summed E-state index contributed by atoms with van der Waals surface area (Å²) in [6.45, 7) is 1.65. The topological polar surface area (TPSA) is 80.4 Å². The van der Waals surface area contributed by atoms with Crippen LogP contribution in [0.5, 0.6) is 0 Å². The average Bonchev–Trinajstić information content (AvgIpc) is 3.12. The van der Waals surface area contributed by atoms with Crippen molar-refractivity contribution in [3.8, 4) is 0 Å². The number of amides is 3. The van der Waals surface area contributed by atoms with Crippen molar-refractivity contribution < 1.29 is 14.0 Å². The molecule has 2 aromatic heterocycles. The second-order valence-corrected chi connectivity index (χ2v) is 5.37. The highest BCUT2D eigenvalue weighted by Crippen LogP contribution is 2.30. The zero-order valence-corrected chi connectivity index (χ0v) is 12.2. The zero-order chi connectivity index (χ0) is 15.2. The lowest BCUT2D eigenvalue weighted by Gasteiger charge is -2.18. The van der Waals surface area contributed by atoms with Crippen LogP contribution < -0.4 is 5.32 Å². The molecule has 2 aromatic rings. The first kappa shape index (κ1) is 13.7. The number of nitrogens with one attached hydrogen (secondary N) is 1. The van der Waals surface area contributed by atoms with E-state index >= 15 is 0 Å². The number of urea groups is 1. The molecule has 1 N–H and O–H groups in total. The highest BCUT2D eigenvalue weighted by Gasteiger charge is 2.51. The van der Waals surface area contributed by atoms with Crippen LogP contribution in [0, 0.1) is 0 Å². The van der Waals surface area contributed by atoms with Crippen molar-refractivity contribution in [3.63, 3.8) is 0 Å². The Hall–Kier alpha value is -2.28. The van der Waals surface area contributed by atoms with Gasteiger partial charge >= 0.3 is 6.03 Å². The molecule has 3 amide bonds. The van der Waals surface area contributed by atoms with Gasteiger partial charge in [-0.05, 0) is 19.1 Å². The molecule has 0 spiro atoms. The Kier molecular flexibility index (Phi) is 3.02. The van der Waals surface area contributed by atoms with Crippen LogP contribution in [0.15, 0.2) is 29.0 Å². The molecule has 0 aliphatic carbocycles. The lowest BCUT2D eigenvalue weighted by molar-refractivity contribution is -0.132. The normalized spacial score (nSPS) is 22.0. The van der Waals surface area contributed by atoms with Crippen molar-refractivity contribution in [2.75, 3.05) is 0 Å². The van der Waals surface area contributed by atoms with Gasteiger partial charge < -0.3 is 14.3 Å². The van der Waals surface area contributed by atoms with E-state index in [0.717, 1.165) is 4.90 Å². The van der Waals surface area contributed by atoms with Crippen LogP contribution in [0.3, 0.4) is 0 Å². The molecular formula is C13H13ClN4O3. The van der Waals surface area contributed by atoms with Crippen LogP contribution in [-0.4, -0.2) is 26.4 Å². The highest BCUT2D eigenvalue weighted by atomic mass is 35.5. The van der Waals surface area contributed by atoms with E-state index in [1.54, 1.807) is 30.7 Å². The first-order valence-corrected chi connectivity index (χ1v) is 6.65. The van der Waals surface area contributed by atoms with Gasteiger partial charge in [-0.3, -0.25) is 9.69 Å². The van der Waals surface area contributed by atoms with E-state index in [1.807, 2.05) is 0 Å². The SMILES string of the molecule is Cn1c(Cl)cnc1CN1C(=O)NC(C)(c2ccco2)C1=O. The van der Waals surface area contributed by atoms with Gasteiger partial charge in [0, 0.05) is 7.05 Å². The van der Waals surface area contributed by atoms with E-state index < -0.39 is 11.6 Å². The maximum absolute atomic E-state index is 12.6. The number of carbonyl (C=O) groups excluding carboxylic acids is 2. The fourth-order valence-electron chi connectivity index (χ4n) is 2.28. The third kappa shape index (κ3) is 2.01. The van der Waals surface area contributed by atoms with Gasteiger partial charge in [0.05, 0.1) is 19.0 Å². The lowest BCUT2D eigenvalue weighted by atomic mass is 9.99. The van der Waals surface area contributed by atoms with Crippen LogP contribution in [0.25, 0.3) is 0 Å². The lowest BCUT2D eigenvalue weighted by Crippen LogP contribution is -2.40. The second kappa shape index (κ2) is 4.63. The minimum absolute atomic E-state index is 0.0458. The van der Waals surface area contributed by atoms with E-state index in [9.17, 15) is 9.59 Å². The Bertz CT molecular complexity index is 709. The van der Waals surface area contributed by atoms with Crippen molar-refractivity contribution in [2.45, 2.75) is 19.0 Å². The standard InChI is InChI=1S/C13H13ClN4O3/c1-13(8-4-3-5-21-8)11(19)18(12(20)16-13)7-10-15-6-9(14)17(10)2/h3-6H,7H2,1-2H3,(H,16,20). The Morgan fingerprint density at radius 3 is 2.81 bits per heavy atom. The van der Waals surface area contributed by atoms with Crippen LogP contribution in [0.4, 0.5) is 4.79 Å². The van der Waals surface area contributed by atoms with E-state index in [2.05, 4.69) is 10.3 Å². The Morgan fingerprint density at radius 2 is 2.24 bits per heavy atom. The predicted octanol–water partition coefficient (Wildman–Crippen LogP) is 1.63. The van der Waals surface area contributed by atoms with Crippen molar-refractivity contribution >= 4 is 23.5 Å². The van der Waals surface area contributed by atoms with Gasteiger partial charge in [-0.1, -0.05) is 11.6 Å². The first-order chi connectivity index (χ1) is 9.93. The van der Waals surface area contributed by atoms with Crippen molar-refractivity contribution in [2.24, 2.45) is 7.05 Å². The maximum atomic E-state index is 12.6. The number of imide groups is 1. The monoisotopic (exact) mass is 308 g/mol. The minimum atomic E-state index is -1.20. The summed E-state index contributed by atoms with van der Waals surface area (Å²) >= 11 is 5.91. The molecule has 1 atom stereocenters. The molecule has 0 radical (unpaired) electrons. The number of aromatic nitrogens is 2. The van der Waals surface area contributed by atoms with Gasteiger partial charge in [-0.2, -0.15) is 0 Å². The summed E-state index contributed by atoms with van der Waals surface area (Å²) in [6, 6.07) is 2.83. The molecule has 0 aromatic carbocycles. The summed E-state index contributed by atoms with van der Waals surface area (Å²) in [4.78, 5) is 29.9. The number of halogens is 1. The number of imidazole rings is 1. The molecule has 7 nitrogen and oxygen atoms in total. The van der Waals surface area contributed by atoms with Crippen molar-refractivity contribution in [1.29, 1.82) is 0 Å². The number of hydrogen-bond donors (Lipinski definition) is 1. The number of hydrogen-bond acceptors (Lipinski definition) is 4. The van der Waals surface area contributed by atoms with Gasteiger partial charge in [0.25, 0.3) is 5.91 Å². The molecule has 21 heavy (non-hydrogen) atoms. The van der Waals surface area contributed by atoms with Crippen LogP contribution in [0.2, 0.25) is 5.15 Å². The summed E-state index contributed by atoms with van der Waals surface area (Å²) in [6.07, 6.45) is 2.93. The number of rotatable bonds is 3. The van der Waals surface area contributed by atoms with Gasteiger partial charge in [0.2, 0.25) is 0 Å². The summed E-state index contributed by atoms with van der Waals surface area (Å²) < 4.78 is 6.88. The van der Waals surface area contributed by atoms with Gasteiger partial charge in [-0.15, -0.1) is 0 Å². The van der Waals surface area contributed by atoms with E-state index in [4.69, 9.17) is 16.0 Å². The van der Waals surface area contributed by atoms with E-state index in [-0.39, 0.29) is 12.5 Å². The molecule has 1 saturated heterocycles. The summed E-state index contributed by atoms with van der Waals surface area (Å²) in [5.41, 5.74) is -1.20. The molecular weight excluding hydrogens is 296 g/mol. The smallest absolute Gasteiger partial charge is 0.325 e. The van der Waals surface area contributed by atoms with Crippen LogP contribution >= 0.6 is 11.6 Å². The molecule has 3 heterocycles. The summed E-state index contributed by atoms with van der Waals surface area (Å²) in [7, 11) is 1.72. The third-order valence-electron chi connectivity index (χ3n) is 3.62. The number of nitrogens with zero attached hydrogens (tertiary/aromatic N) is 3. The minimum Gasteiger partial charge on any atom is -0.466 e. The molecule has 3 rings (SSSR count). The largest absolute Gasteiger partial charge is 0.466 e. The van der Waals surface area contributed by atoms with Gasteiger partial charge in [0.15, 0.2) is 5.54 Å². The molecule has 8 heteroatoms. The second-order valence-electron chi connectivity index (χ2n) is 4.98. The van der Waals surface area contributed by atoms with E-state index in [0.29, 0.717) is 16.7 Å². The number of furan rings is 1. The molecule has 110 valence electrons. The molecule has 1 aliphatic heterocycles. The van der Waals surface area contributed by atoms with Gasteiger partial charge in [-0.25, -0.2) is 9.78 Å². The van der Waals surface area contributed by atoms with Crippen molar-refractivity contribution in [1.82, 2.24) is 19.8 Å². The Labute approximate surface area is 125 Å². The predicted molar refractivity (Wildman–Crippen MR) is 73.4 cm³/mol. The van der Waals surface area contributed by atoms with E-state index in [1.165, 1.54) is 12.5 Å². The van der Waals surface area contributed by atoms with Crippen LogP contribution in [0.1, 0.15) is 18.5 Å². The molecule has 1 fully saturated rings. The highest BCUT2D eigenvalue weighted by molar-refractivity contribution is 6.29. The molecule has 0 saturated carbocycles. The fraction of sp³-hybridized carbons (Fsp3) is 0.308.